The van der Waals surface area contributed by atoms with Gasteiger partial charge in [0.25, 0.3) is 0 Å². The number of Topliss-reactive ketones (excluding diaryl/α,β-unsaturated/α-hetero) is 1. The van der Waals surface area contributed by atoms with E-state index in [2.05, 4.69) is 16.8 Å². The highest BCUT2D eigenvalue weighted by Gasteiger charge is 2.23. The van der Waals surface area contributed by atoms with Crippen molar-refractivity contribution in [2.75, 3.05) is 18.8 Å². The summed E-state index contributed by atoms with van der Waals surface area (Å²) in [5.74, 6) is -0.0578. The Morgan fingerprint density at radius 3 is 2.63 bits per heavy atom. The second kappa shape index (κ2) is 9.88. The summed E-state index contributed by atoms with van der Waals surface area (Å²) in [6.07, 6.45) is 4.67. The van der Waals surface area contributed by atoms with E-state index in [9.17, 15) is 13.2 Å². The molecule has 6 nitrogen and oxygen atoms in total. The van der Waals surface area contributed by atoms with Crippen molar-refractivity contribution >= 4 is 15.6 Å². The SMILES string of the molecule is Cc1ccc(-c2nc(CS(=O)(=O)CC(=O)CCCN3CCCCC3C)c(C)o2)cc1. The minimum atomic E-state index is -3.58. The van der Waals surface area contributed by atoms with Crippen LogP contribution >= 0.6 is 0 Å². The van der Waals surface area contributed by atoms with Gasteiger partial charge in [0, 0.05) is 18.0 Å². The Kier molecular flexibility index (Phi) is 7.47. The van der Waals surface area contributed by atoms with Crippen molar-refractivity contribution in [3.8, 4) is 11.5 Å². The lowest BCUT2D eigenvalue weighted by Crippen LogP contribution is -2.38. The van der Waals surface area contributed by atoms with Gasteiger partial charge in [-0.3, -0.25) is 4.79 Å². The van der Waals surface area contributed by atoms with Crippen molar-refractivity contribution in [3.05, 3.63) is 41.3 Å². The zero-order chi connectivity index (χ0) is 21.7. The van der Waals surface area contributed by atoms with Gasteiger partial charge in [0.15, 0.2) is 9.84 Å². The molecule has 1 aliphatic heterocycles. The quantitative estimate of drug-likeness (QED) is 0.593. The van der Waals surface area contributed by atoms with E-state index in [0.717, 1.165) is 24.2 Å². The van der Waals surface area contributed by atoms with Crippen molar-refractivity contribution < 1.29 is 17.6 Å². The van der Waals surface area contributed by atoms with Crippen LogP contribution in [0, 0.1) is 13.8 Å². The van der Waals surface area contributed by atoms with E-state index in [1.807, 2.05) is 31.2 Å². The number of ketones is 1. The van der Waals surface area contributed by atoms with Crippen LogP contribution in [0.4, 0.5) is 0 Å². The Labute approximate surface area is 179 Å². The van der Waals surface area contributed by atoms with Gasteiger partial charge in [-0.1, -0.05) is 24.1 Å². The van der Waals surface area contributed by atoms with Gasteiger partial charge in [-0.05, 0) is 65.3 Å². The highest BCUT2D eigenvalue weighted by molar-refractivity contribution is 7.91. The maximum Gasteiger partial charge on any atom is 0.226 e. The van der Waals surface area contributed by atoms with Crippen molar-refractivity contribution in [2.24, 2.45) is 0 Å². The smallest absolute Gasteiger partial charge is 0.226 e. The highest BCUT2D eigenvalue weighted by Crippen LogP contribution is 2.23. The zero-order valence-corrected chi connectivity index (χ0v) is 19.0. The summed E-state index contributed by atoms with van der Waals surface area (Å²) in [7, 11) is -3.58. The van der Waals surface area contributed by atoms with Crippen molar-refractivity contribution in [1.29, 1.82) is 0 Å². The minimum Gasteiger partial charge on any atom is -0.441 e. The van der Waals surface area contributed by atoms with E-state index in [0.29, 0.717) is 36.2 Å². The van der Waals surface area contributed by atoms with Crippen LogP contribution in [0.25, 0.3) is 11.5 Å². The molecule has 30 heavy (non-hydrogen) atoms. The molecule has 0 aliphatic carbocycles. The van der Waals surface area contributed by atoms with Crippen LogP contribution < -0.4 is 0 Å². The molecule has 1 fully saturated rings. The van der Waals surface area contributed by atoms with Crippen LogP contribution in [0.15, 0.2) is 28.7 Å². The first-order valence-electron chi connectivity index (χ1n) is 10.7. The standard InChI is InChI=1S/C23H32N2O4S/c1-17-9-11-20(12-10-17)23-24-22(19(3)29-23)16-30(27,28)15-21(26)8-6-14-25-13-5-4-7-18(25)2/h9-12,18H,4-8,13-16H2,1-3H3. The molecule has 3 rings (SSSR count). The van der Waals surface area contributed by atoms with Gasteiger partial charge in [-0.2, -0.15) is 0 Å². The molecule has 7 heteroatoms. The van der Waals surface area contributed by atoms with Gasteiger partial charge in [-0.15, -0.1) is 0 Å². The third kappa shape index (κ3) is 6.25. The van der Waals surface area contributed by atoms with Crippen LogP contribution in [0.2, 0.25) is 0 Å². The molecule has 2 heterocycles. The number of carbonyl (C=O) groups is 1. The van der Waals surface area contributed by atoms with Crippen LogP contribution in [-0.2, 0) is 20.4 Å². The summed E-state index contributed by atoms with van der Waals surface area (Å²) in [4.78, 5) is 19.0. The molecule has 1 aliphatic rings. The zero-order valence-electron chi connectivity index (χ0n) is 18.2. The third-order valence-electron chi connectivity index (χ3n) is 5.77. The number of piperidine rings is 1. The van der Waals surface area contributed by atoms with Gasteiger partial charge in [0.1, 0.15) is 17.3 Å². The summed E-state index contributed by atoms with van der Waals surface area (Å²) in [6, 6.07) is 8.25. The lowest BCUT2D eigenvalue weighted by molar-refractivity contribution is -0.116. The number of carbonyl (C=O) groups excluding carboxylic acids is 1. The van der Waals surface area contributed by atoms with Crippen molar-refractivity contribution in [1.82, 2.24) is 9.88 Å². The maximum absolute atomic E-state index is 12.6. The molecule has 0 saturated carbocycles. The summed E-state index contributed by atoms with van der Waals surface area (Å²) >= 11 is 0. The molecule has 0 radical (unpaired) electrons. The van der Waals surface area contributed by atoms with E-state index < -0.39 is 15.6 Å². The summed E-state index contributed by atoms with van der Waals surface area (Å²) in [5.41, 5.74) is 2.30. The van der Waals surface area contributed by atoms with Crippen molar-refractivity contribution in [3.63, 3.8) is 0 Å². The van der Waals surface area contributed by atoms with E-state index in [1.54, 1.807) is 6.92 Å². The number of benzene rings is 1. The average molecular weight is 433 g/mol. The van der Waals surface area contributed by atoms with Crippen LogP contribution in [0.3, 0.4) is 0 Å². The maximum atomic E-state index is 12.6. The fourth-order valence-corrected chi connectivity index (χ4v) is 5.35. The molecule has 1 unspecified atom stereocenters. The number of rotatable bonds is 9. The second-order valence-corrected chi connectivity index (χ2v) is 10.5. The van der Waals surface area contributed by atoms with Crippen molar-refractivity contribution in [2.45, 2.75) is 64.7 Å². The molecule has 164 valence electrons. The summed E-state index contributed by atoms with van der Waals surface area (Å²) in [6.45, 7) is 7.85. The Bertz CT molecular complexity index is 964. The molecule has 1 aromatic carbocycles. The van der Waals surface area contributed by atoms with Gasteiger partial charge in [-0.25, -0.2) is 13.4 Å². The second-order valence-electron chi connectivity index (χ2n) is 8.44. The molecular weight excluding hydrogens is 400 g/mol. The first-order valence-corrected chi connectivity index (χ1v) is 12.5. The molecule has 1 atom stereocenters. The number of sulfone groups is 1. The number of aryl methyl sites for hydroxylation is 2. The van der Waals surface area contributed by atoms with E-state index in [1.165, 1.54) is 19.3 Å². The van der Waals surface area contributed by atoms with E-state index >= 15 is 0 Å². The van der Waals surface area contributed by atoms with Gasteiger partial charge >= 0.3 is 0 Å². The number of aromatic nitrogens is 1. The van der Waals surface area contributed by atoms with Crippen LogP contribution in [0.5, 0.6) is 0 Å². The Hall–Kier alpha value is -1.99. The first kappa shape index (κ1) is 22.7. The largest absolute Gasteiger partial charge is 0.441 e. The van der Waals surface area contributed by atoms with Crippen LogP contribution in [-0.4, -0.2) is 49.0 Å². The molecule has 0 N–H and O–H groups in total. The topological polar surface area (TPSA) is 80.5 Å². The minimum absolute atomic E-state index is 0.223. The average Bonchev–Trinajstić information content (AvgIpc) is 3.03. The predicted molar refractivity (Wildman–Crippen MR) is 118 cm³/mol. The first-order chi connectivity index (χ1) is 14.2. The molecule has 0 amide bonds. The Morgan fingerprint density at radius 1 is 1.20 bits per heavy atom. The van der Waals surface area contributed by atoms with E-state index in [4.69, 9.17) is 4.42 Å². The molecule has 0 bridgehead atoms. The third-order valence-corrected chi connectivity index (χ3v) is 7.25. The normalized spacial score (nSPS) is 17.9. The molecule has 0 spiro atoms. The highest BCUT2D eigenvalue weighted by atomic mass is 32.2. The number of hydrogen-bond acceptors (Lipinski definition) is 6. The fraction of sp³-hybridized carbons (Fsp3) is 0.565. The Balaban J connectivity index is 1.53. The van der Waals surface area contributed by atoms with Crippen LogP contribution in [0.1, 0.15) is 56.0 Å². The fourth-order valence-electron chi connectivity index (χ4n) is 3.93. The summed E-state index contributed by atoms with van der Waals surface area (Å²) < 4.78 is 30.8. The molecule has 2 aromatic rings. The molecule has 1 saturated heterocycles. The van der Waals surface area contributed by atoms with Gasteiger partial charge in [0.2, 0.25) is 5.89 Å². The monoisotopic (exact) mass is 432 g/mol. The summed E-state index contributed by atoms with van der Waals surface area (Å²) in [5, 5.41) is 0. The predicted octanol–water partition coefficient (Wildman–Crippen LogP) is 4.10. The number of likely N-dealkylation sites (tertiary alicyclic amines) is 1. The number of oxazole rings is 1. The van der Waals surface area contributed by atoms with Gasteiger partial charge in [0.05, 0.1) is 11.4 Å². The number of nitrogens with zero attached hydrogens (tertiary/aromatic N) is 2. The number of hydrogen-bond donors (Lipinski definition) is 0. The lowest BCUT2D eigenvalue weighted by Gasteiger charge is -2.33. The Morgan fingerprint density at radius 2 is 1.93 bits per heavy atom. The van der Waals surface area contributed by atoms with E-state index in [-0.39, 0.29) is 11.5 Å². The molecular formula is C23H32N2O4S. The molecule has 1 aromatic heterocycles. The van der Waals surface area contributed by atoms with Gasteiger partial charge < -0.3 is 9.32 Å². The lowest BCUT2D eigenvalue weighted by atomic mass is 10.0.